The number of nitrogens with one attached hydrogen (secondary N) is 1. The summed E-state index contributed by atoms with van der Waals surface area (Å²) >= 11 is 0. The summed E-state index contributed by atoms with van der Waals surface area (Å²) in [5.41, 5.74) is 0. The third-order valence-electron chi connectivity index (χ3n) is 5.07. The molecule has 3 fully saturated rings. The van der Waals surface area contributed by atoms with Crippen LogP contribution >= 0.6 is 0 Å². The van der Waals surface area contributed by atoms with Gasteiger partial charge in [0.1, 0.15) is 0 Å². The molecule has 3 aliphatic heterocycles. The molecule has 98 valence electrons. The van der Waals surface area contributed by atoms with Crippen LogP contribution in [-0.2, 0) is 0 Å². The number of hydrogen-bond acceptors (Lipinski definition) is 3. The molecule has 1 N–H and O–H groups in total. The van der Waals surface area contributed by atoms with Crippen LogP contribution in [-0.4, -0.2) is 61.2 Å². The van der Waals surface area contributed by atoms with E-state index in [0.29, 0.717) is 0 Å². The van der Waals surface area contributed by atoms with E-state index in [1.807, 2.05) is 0 Å². The van der Waals surface area contributed by atoms with Gasteiger partial charge in [-0.25, -0.2) is 0 Å². The zero-order valence-corrected chi connectivity index (χ0v) is 11.2. The van der Waals surface area contributed by atoms with E-state index in [2.05, 4.69) is 22.0 Å². The largest absolute Gasteiger partial charge is 0.312 e. The van der Waals surface area contributed by atoms with Gasteiger partial charge >= 0.3 is 0 Å². The van der Waals surface area contributed by atoms with Crippen molar-refractivity contribution in [3.8, 4) is 0 Å². The van der Waals surface area contributed by atoms with Crippen molar-refractivity contribution in [1.82, 2.24) is 15.1 Å². The smallest absolute Gasteiger partial charge is 0.0192 e. The Kier molecular flexibility index (Phi) is 3.69. The second-order valence-electron chi connectivity index (χ2n) is 6.24. The molecule has 3 heterocycles. The highest BCUT2D eigenvalue weighted by atomic mass is 15.2. The van der Waals surface area contributed by atoms with Crippen molar-refractivity contribution < 1.29 is 0 Å². The van der Waals surface area contributed by atoms with E-state index in [1.165, 1.54) is 65.0 Å². The van der Waals surface area contributed by atoms with Crippen LogP contribution in [0.25, 0.3) is 0 Å². The lowest BCUT2D eigenvalue weighted by Crippen LogP contribution is -2.48. The van der Waals surface area contributed by atoms with Crippen molar-refractivity contribution in [1.29, 1.82) is 0 Å². The van der Waals surface area contributed by atoms with E-state index in [4.69, 9.17) is 0 Å². The molecular weight excluding hydrogens is 210 g/mol. The Labute approximate surface area is 106 Å². The molecule has 0 amide bonds. The number of nitrogens with zero attached hydrogens (tertiary/aromatic N) is 2. The van der Waals surface area contributed by atoms with Crippen LogP contribution in [0.3, 0.4) is 0 Å². The first kappa shape index (κ1) is 11.9. The van der Waals surface area contributed by atoms with Crippen molar-refractivity contribution in [3.05, 3.63) is 0 Å². The fourth-order valence-corrected chi connectivity index (χ4v) is 3.85. The lowest BCUT2D eigenvalue weighted by molar-refractivity contribution is 0.197. The van der Waals surface area contributed by atoms with Gasteiger partial charge in [0.25, 0.3) is 0 Å². The number of fused-ring (bicyclic) bond motifs is 2. The van der Waals surface area contributed by atoms with E-state index >= 15 is 0 Å². The molecule has 3 rings (SSSR count). The van der Waals surface area contributed by atoms with Crippen LogP contribution < -0.4 is 5.32 Å². The third-order valence-corrected chi connectivity index (χ3v) is 5.07. The lowest BCUT2D eigenvalue weighted by atomic mass is 9.94. The number of hydrogen-bond donors (Lipinski definition) is 1. The van der Waals surface area contributed by atoms with Crippen molar-refractivity contribution in [2.45, 2.75) is 44.7 Å². The summed E-state index contributed by atoms with van der Waals surface area (Å²) in [5.74, 6) is 0.939. The second-order valence-corrected chi connectivity index (χ2v) is 6.24. The Morgan fingerprint density at radius 2 is 1.88 bits per heavy atom. The minimum Gasteiger partial charge on any atom is -0.312 e. The molecule has 4 atom stereocenters. The summed E-state index contributed by atoms with van der Waals surface area (Å²) in [7, 11) is 0. The molecule has 0 saturated carbocycles. The minimum atomic E-state index is 0.733. The van der Waals surface area contributed by atoms with Crippen LogP contribution in [0.4, 0.5) is 0 Å². The van der Waals surface area contributed by atoms with E-state index in [-0.39, 0.29) is 0 Å². The Morgan fingerprint density at radius 1 is 1.12 bits per heavy atom. The average Bonchev–Trinajstić information content (AvgIpc) is 2.98. The molecule has 4 unspecified atom stereocenters. The molecule has 3 aliphatic rings. The lowest BCUT2D eigenvalue weighted by Gasteiger charge is -2.33. The van der Waals surface area contributed by atoms with Crippen molar-refractivity contribution in [2.24, 2.45) is 5.92 Å². The fourth-order valence-electron chi connectivity index (χ4n) is 3.85. The van der Waals surface area contributed by atoms with Crippen LogP contribution in [0.15, 0.2) is 0 Å². The fraction of sp³-hybridized carbons (Fsp3) is 1.00. The average molecular weight is 237 g/mol. The standard InChI is InChI=1S/C14H27N3/c1-12(17-6-2-3-7-17)10-15-14-5-9-16-8-4-13(14)11-16/h12-15H,2-11H2,1H3. The van der Waals surface area contributed by atoms with Gasteiger partial charge in [-0.2, -0.15) is 0 Å². The summed E-state index contributed by atoms with van der Waals surface area (Å²) in [4.78, 5) is 5.28. The molecule has 2 bridgehead atoms. The number of likely N-dealkylation sites (tertiary alicyclic amines) is 1. The van der Waals surface area contributed by atoms with Gasteiger partial charge < -0.3 is 10.2 Å². The van der Waals surface area contributed by atoms with Gasteiger partial charge in [0.2, 0.25) is 0 Å². The molecule has 0 aromatic rings. The van der Waals surface area contributed by atoms with Crippen LogP contribution in [0.1, 0.15) is 32.6 Å². The first-order valence-electron chi connectivity index (χ1n) is 7.53. The van der Waals surface area contributed by atoms with Crippen molar-refractivity contribution in [2.75, 3.05) is 39.3 Å². The highest BCUT2D eigenvalue weighted by Gasteiger charge is 2.34. The normalized spacial score (nSPS) is 39.7. The van der Waals surface area contributed by atoms with Gasteiger partial charge in [-0.1, -0.05) is 0 Å². The van der Waals surface area contributed by atoms with Crippen LogP contribution in [0.2, 0.25) is 0 Å². The van der Waals surface area contributed by atoms with Gasteiger partial charge in [-0.05, 0) is 64.7 Å². The maximum absolute atomic E-state index is 3.86. The zero-order valence-electron chi connectivity index (χ0n) is 11.2. The summed E-state index contributed by atoms with van der Waals surface area (Å²) in [6, 6.07) is 1.54. The maximum atomic E-state index is 3.86. The van der Waals surface area contributed by atoms with Gasteiger partial charge in [0, 0.05) is 25.2 Å². The van der Waals surface area contributed by atoms with Crippen LogP contribution in [0, 0.1) is 5.92 Å². The van der Waals surface area contributed by atoms with Gasteiger partial charge in [-0.15, -0.1) is 0 Å². The zero-order chi connectivity index (χ0) is 11.7. The molecule has 0 spiro atoms. The molecule has 3 saturated heterocycles. The number of piperidine rings is 1. The monoisotopic (exact) mass is 237 g/mol. The van der Waals surface area contributed by atoms with Gasteiger partial charge in [0.05, 0.1) is 0 Å². The van der Waals surface area contributed by atoms with E-state index < -0.39 is 0 Å². The number of rotatable bonds is 4. The second kappa shape index (κ2) is 5.25. The molecule has 0 aromatic heterocycles. The highest BCUT2D eigenvalue weighted by molar-refractivity contribution is 4.91. The minimum absolute atomic E-state index is 0.733. The first-order chi connectivity index (χ1) is 8.33. The summed E-state index contributed by atoms with van der Waals surface area (Å²) in [6.07, 6.45) is 5.61. The predicted octanol–water partition coefficient (Wildman–Crippen LogP) is 1.15. The first-order valence-corrected chi connectivity index (χ1v) is 7.53. The Balaban J connectivity index is 1.44. The molecule has 0 aromatic carbocycles. The highest BCUT2D eigenvalue weighted by Crippen LogP contribution is 2.27. The molecule has 3 nitrogen and oxygen atoms in total. The van der Waals surface area contributed by atoms with Gasteiger partial charge in [-0.3, -0.25) is 4.90 Å². The van der Waals surface area contributed by atoms with E-state index in [1.54, 1.807) is 0 Å². The van der Waals surface area contributed by atoms with E-state index in [0.717, 1.165) is 18.0 Å². The summed E-state index contributed by atoms with van der Waals surface area (Å²) < 4.78 is 0. The Hall–Kier alpha value is -0.120. The van der Waals surface area contributed by atoms with Crippen molar-refractivity contribution >= 4 is 0 Å². The third kappa shape index (κ3) is 2.67. The molecule has 0 aliphatic carbocycles. The summed E-state index contributed by atoms with van der Waals surface area (Å²) in [5, 5.41) is 3.86. The van der Waals surface area contributed by atoms with E-state index in [9.17, 15) is 0 Å². The molecule has 0 radical (unpaired) electrons. The Morgan fingerprint density at radius 3 is 2.71 bits per heavy atom. The van der Waals surface area contributed by atoms with Crippen molar-refractivity contribution in [3.63, 3.8) is 0 Å². The predicted molar refractivity (Wildman–Crippen MR) is 71.2 cm³/mol. The SMILES string of the molecule is CC(CNC1CCN2CCC1C2)N1CCCC1. The molecule has 17 heavy (non-hydrogen) atoms. The van der Waals surface area contributed by atoms with Crippen LogP contribution in [0.5, 0.6) is 0 Å². The molecule has 3 heteroatoms. The molecular formula is C14H27N3. The van der Waals surface area contributed by atoms with Gasteiger partial charge in [0.15, 0.2) is 0 Å². The maximum Gasteiger partial charge on any atom is 0.0192 e. The summed E-state index contributed by atoms with van der Waals surface area (Å²) in [6.45, 7) is 10.3. The quantitative estimate of drug-likeness (QED) is 0.791. The topological polar surface area (TPSA) is 18.5 Å². The Bertz CT molecular complexity index is 250.